The van der Waals surface area contributed by atoms with Gasteiger partial charge in [0, 0.05) is 6.20 Å². The van der Waals surface area contributed by atoms with Gasteiger partial charge in [0.25, 0.3) is 0 Å². The molecular formula is C7H8NO. The number of rotatable bonds is 1. The number of aromatic nitrogens is 1. The predicted molar refractivity (Wildman–Crippen MR) is 35.0 cm³/mol. The van der Waals surface area contributed by atoms with Crippen LogP contribution in [0, 0.1) is 6.92 Å². The average Bonchev–Trinajstić information content (AvgIpc) is 1.89. The van der Waals surface area contributed by atoms with Crippen molar-refractivity contribution >= 4 is 0 Å². The Morgan fingerprint density at radius 3 is 2.89 bits per heavy atom. The fourth-order valence-electron chi connectivity index (χ4n) is 0.622. The molecule has 1 aromatic rings. The Bertz CT molecular complexity index is 198. The van der Waals surface area contributed by atoms with Crippen LogP contribution in [0.2, 0.25) is 0 Å². The molecule has 0 aliphatic rings. The molecule has 0 amide bonds. The maximum atomic E-state index is 9.01. The van der Waals surface area contributed by atoms with Crippen molar-refractivity contribution in [2.24, 2.45) is 0 Å². The van der Waals surface area contributed by atoms with Gasteiger partial charge in [0.2, 0.25) is 0 Å². The number of aromatic hydroxyl groups is 1. The van der Waals surface area contributed by atoms with Crippen molar-refractivity contribution in [1.82, 2.24) is 4.98 Å². The summed E-state index contributed by atoms with van der Waals surface area (Å²) in [6.07, 6.45) is 2.17. The molecule has 1 radical (unpaired) electrons. The molecule has 2 heteroatoms. The Morgan fingerprint density at radius 1 is 1.67 bits per heavy atom. The first kappa shape index (κ1) is 6.08. The van der Waals surface area contributed by atoms with Crippen LogP contribution in [0.3, 0.4) is 0 Å². The highest BCUT2D eigenvalue weighted by Gasteiger charge is 1.94. The monoisotopic (exact) mass is 122 g/mol. The molecule has 0 atom stereocenters. The van der Waals surface area contributed by atoms with Crippen LogP contribution in [0.25, 0.3) is 0 Å². The van der Waals surface area contributed by atoms with Gasteiger partial charge in [0.1, 0.15) is 5.75 Å². The topological polar surface area (TPSA) is 33.1 Å². The minimum atomic E-state index is 0.229. The van der Waals surface area contributed by atoms with Gasteiger partial charge in [-0.2, -0.15) is 0 Å². The lowest BCUT2D eigenvalue weighted by atomic mass is 10.3. The van der Waals surface area contributed by atoms with Crippen LogP contribution in [0.1, 0.15) is 5.69 Å². The summed E-state index contributed by atoms with van der Waals surface area (Å²) in [5.74, 6) is 0.229. The van der Waals surface area contributed by atoms with E-state index in [1.165, 1.54) is 0 Å². The van der Waals surface area contributed by atoms with Crippen molar-refractivity contribution in [3.63, 3.8) is 0 Å². The Hall–Kier alpha value is -1.05. The highest BCUT2D eigenvalue weighted by atomic mass is 16.3. The highest BCUT2D eigenvalue weighted by molar-refractivity contribution is 5.25. The van der Waals surface area contributed by atoms with Crippen molar-refractivity contribution < 1.29 is 5.11 Å². The van der Waals surface area contributed by atoms with Gasteiger partial charge < -0.3 is 5.11 Å². The van der Waals surface area contributed by atoms with E-state index >= 15 is 0 Å². The van der Waals surface area contributed by atoms with Crippen LogP contribution in [0.15, 0.2) is 18.3 Å². The summed E-state index contributed by atoms with van der Waals surface area (Å²) in [7, 11) is 0. The SMILES string of the molecule is [CH2]Cc1ncccc1O. The van der Waals surface area contributed by atoms with Gasteiger partial charge >= 0.3 is 0 Å². The Kier molecular flexibility index (Phi) is 1.68. The third-order valence-corrected chi connectivity index (χ3v) is 1.10. The van der Waals surface area contributed by atoms with E-state index in [9.17, 15) is 0 Å². The van der Waals surface area contributed by atoms with Gasteiger partial charge in [-0.15, -0.1) is 0 Å². The number of hydrogen-bond acceptors (Lipinski definition) is 2. The lowest BCUT2D eigenvalue weighted by molar-refractivity contribution is 0.466. The molecule has 0 aliphatic carbocycles. The maximum Gasteiger partial charge on any atom is 0.137 e. The standard InChI is InChI=1S/C7H8NO/c1-2-6-7(9)4-3-5-8-6/h3-5,9H,1-2H2. The van der Waals surface area contributed by atoms with Crippen molar-refractivity contribution in [3.8, 4) is 5.75 Å². The second-order valence-electron chi connectivity index (χ2n) is 1.72. The summed E-state index contributed by atoms with van der Waals surface area (Å²) < 4.78 is 0. The zero-order chi connectivity index (χ0) is 6.69. The van der Waals surface area contributed by atoms with Gasteiger partial charge in [-0.1, -0.05) is 0 Å². The summed E-state index contributed by atoms with van der Waals surface area (Å²) in [5.41, 5.74) is 0.650. The summed E-state index contributed by atoms with van der Waals surface area (Å²) in [4.78, 5) is 3.88. The minimum Gasteiger partial charge on any atom is -0.506 e. The van der Waals surface area contributed by atoms with Crippen LogP contribution in [0.5, 0.6) is 5.75 Å². The fourth-order valence-corrected chi connectivity index (χ4v) is 0.622. The smallest absolute Gasteiger partial charge is 0.137 e. The zero-order valence-corrected chi connectivity index (χ0v) is 5.04. The van der Waals surface area contributed by atoms with Crippen molar-refractivity contribution in [1.29, 1.82) is 0 Å². The van der Waals surface area contributed by atoms with Crippen molar-refractivity contribution in [2.45, 2.75) is 6.42 Å². The lowest BCUT2D eigenvalue weighted by Crippen LogP contribution is -1.84. The third kappa shape index (κ3) is 1.19. The van der Waals surface area contributed by atoms with E-state index in [-0.39, 0.29) is 5.75 Å². The molecule has 1 aromatic heterocycles. The van der Waals surface area contributed by atoms with Crippen LogP contribution in [0.4, 0.5) is 0 Å². The molecule has 1 heterocycles. The van der Waals surface area contributed by atoms with E-state index in [0.29, 0.717) is 12.1 Å². The molecule has 0 spiro atoms. The molecule has 9 heavy (non-hydrogen) atoms. The molecule has 0 unspecified atom stereocenters. The normalized spacial score (nSPS) is 9.44. The summed E-state index contributed by atoms with van der Waals surface area (Å²) in [5, 5.41) is 9.01. The molecule has 0 aromatic carbocycles. The van der Waals surface area contributed by atoms with Gasteiger partial charge in [0.15, 0.2) is 0 Å². The van der Waals surface area contributed by atoms with Crippen LogP contribution >= 0.6 is 0 Å². The van der Waals surface area contributed by atoms with E-state index in [2.05, 4.69) is 11.9 Å². The lowest BCUT2D eigenvalue weighted by Gasteiger charge is -1.95. The molecule has 0 saturated carbocycles. The van der Waals surface area contributed by atoms with Gasteiger partial charge in [0.05, 0.1) is 5.69 Å². The first-order valence-electron chi connectivity index (χ1n) is 2.76. The summed E-state index contributed by atoms with van der Waals surface area (Å²) in [6, 6.07) is 3.29. The molecule has 0 aliphatic heterocycles. The van der Waals surface area contributed by atoms with Crippen molar-refractivity contribution in [2.75, 3.05) is 0 Å². The Morgan fingerprint density at radius 2 is 2.44 bits per heavy atom. The summed E-state index contributed by atoms with van der Waals surface area (Å²) in [6.45, 7) is 3.59. The Balaban J connectivity index is 3.01. The van der Waals surface area contributed by atoms with E-state index in [1.54, 1.807) is 18.3 Å². The molecule has 0 fully saturated rings. The second-order valence-corrected chi connectivity index (χ2v) is 1.72. The third-order valence-electron chi connectivity index (χ3n) is 1.10. The van der Waals surface area contributed by atoms with Crippen molar-refractivity contribution in [3.05, 3.63) is 30.9 Å². The summed E-state index contributed by atoms with van der Waals surface area (Å²) >= 11 is 0. The predicted octanol–water partition coefficient (Wildman–Crippen LogP) is 1.16. The number of pyridine rings is 1. The maximum absolute atomic E-state index is 9.01. The van der Waals surface area contributed by atoms with E-state index in [1.807, 2.05) is 0 Å². The van der Waals surface area contributed by atoms with E-state index in [4.69, 9.17) is 5.11 Å². The fraction of sp³-hybridized carbons (Fsp3) is 0.143. The van der Waals surface area contributed by atoms with E-state index in [0.717, 1.165) is 0 Å². The first-order chi connectivity index (χ1) is 4.34. The number of nitrogens with zero attached hydrogens (tertiary/aromatic N) is 1. The van der Waals surface area contributed by atoms with Crippen LogP contribution in [-0.2, 0) is 6.42 Å². The molecule has 1 N–H and O–H groups in total. The molecule has 47 valence electrons. The largest absolute Gasteiger partial charge is 0.506 e. The molecule has 0 saturated heterocycles. The zero-order valence-electron chi connectivity index (χ0n) is 5.04. The van der Waals surface area contributed by atoms with E-state index < -0.39 is 0 Å². The quantitative estimate of drug-likeness (QED) is 0.606. The number of hydrogen-bond donors (Lipinski definition) is 1. The average molecular weight is 122 g/mol. The van der Waals surface area contributed by atoms with Gasteiger partial charge in [-0.25, -0.2) is 0 Å². The van der Waals surface area contributed by atoms with Crippen LogP contribution < -0.4 is 0 Å². The molecular weight excluding hydrogens is 114 g/mol. The van der Waals surface area contributed by atoms with Gasteiger partial charge in [-0.3, -0.25) is 4.98 Å². The Labute approximate surface area is 54.2 Å². The second kappa shape index (κ2) is 2.49. The van der Waals surface area contributed by atoms with Crippen LogP contribution in [-0.4, -0.2) is 10.1 Å². The first-order valence-corrected chi connectivity index (χ1v) is 2.76. The minimum absolute atomic E-state index is 0.229. The molecule has 1 rings (SSSR count). The molecule has 0 bridgehead atoms. The molecule has 2 nitrogen and oxygen atoms in total. The highest BCUT2D eigenvalue weighted by Crippen LogP contribution is 2.11. The van der Waals surface area contributed by atoms with Gasteiger partial charge in [-0.05, 0) is 25.5 Å².